The lowest BCUT2D eigenvalue weighted by molar-refractivity contribution is -0.120. The molecule has 0 saturated heterocycles. The highest BCUT2D eigenvalue weighted by atomic mass is 32.2. The van der Waals surface area contributed by atoms with Crippen LogP contribution in [-0.2, 0) is 21.3 Å². The number of carbonyl (C=O) groups excluding carboxylic acids is 1. The number of fused-ring (bicyclic) bond motifs is 1. The summed E-state index contributed by atoms with van der Waals surface area (Å²) in [6.45, 7) is 1.78. The van der Waals surface area contributed by atoms with Crippen molar-refractivity contribution >= 4 is 16.0 Å². The second kappa shape index (κ2) is 6.42. The molecule has 1 aromatic carbocycles. The van der Waals surface area contributed by atoms with Crippen LogP contribution in [0, 0.1) is 6.92 Å². The fourth-order valence-corrected chi connectivity index (χ4v) is 4.05. The Morgan fingerprint density at radius 2 is 2.00 bits per heavy atom. The molecule has 0 bridgehead atoms. The van der Waals surface area contributed by atoms with Crippen molar-refractivity contribution in [3.8, 4) is 5.75 Å². The van der Waals surface area contributed by atoms with Gasteiger partial charge in [0, 0.05) is 12.2 Å². The smallest absolute Gasteiger partial charge is 0.346 e. The highest BCUT2D eigenvalue weighted by molar-refractivity contribution is 7.87. The van der Waals surface area contributed by atoms with Gasteiger partial charge in [-0.3, -0.25) is 14.6 Å². The Morgan fingerprint density at radius 1 is 1.27 bits per heavy atom. The van der Waals surface area contributed by atoms with E-state index in [0.29, 0.717) is 24.1 Å². The molecule has 1 aromatic heterocycles. The molecule has 2 heterocycles. The van der Waals surface area contributed by atoms with Crippen molar-refractivity contribution < 1.29 is 17.4 Å². The largest absolute Gasteiger partial charge is 0.379 e. The van der Waals surface area contributed by atoms with E-state index in [1.807, 2.05) is 4.98 Å². The van der Waals surface area contributed by atoms with Gasteiger partial charge in [0.25, 0.3) is 5.56 Å². The molecule has 26 heavy (non-hydrogen) atoms. The van der Waals surface area contributed by atoms with Gasteiger partial charge in [0.05, 0.1) is 0 Å². The average molecular weight is 380 g/mol. The number of aromatic amines is 2. The fourth-order valence-electron chi connectivity index (χ4n) is 2.90. The maximum atomic E-state index is 12.4. The van der Waals surface area contributed by atoms with Gasteiger partial charge in [-0.2, -0.15) is 8.42 Å². The van der Waals surface area contributed by atoms with Crippen LogP contribution in [0.4, 0.5) is 0 Å². The molecule has 3 rings (SSSR count). The number of aryl methyl sites for hydroxylation is 1. The number of aromatic nitrogens is 2. The van der Waals surface area contributed by atoms with Gasteiger partial charge in [-0.15, -0.1) is 0 Å². The molecule has 1 aliphatic rings. The molecular weight excluding hydrogens is 364 g/mol. The lowest BCUT2D eigenvalue weighted by Gasteiger charge is -2.24. The molecule has 1 unspecified atom stereocenters. The predicted molar refractivity (Wildman–Crippen MR) is 90.3 cm³/mol. The van der Waals surface area contributed by atoms with E-state index < -0.39 is 38.2 Å². The zero-order chi connectivity index (χ0) is 19.1. The minimum atomic E-state index is -4.47. The normalized spacial score (nSPS) is 16.7. The molecule has 1 aliphatic heterocycles. The second-order valence-electron chi connectivity index (χ2n) is 5.80. The molecule has 1 amide bonds. The Bertz CT molecular complexity index is 1100. The zero-order valence-corrected chi connectivity index (χ0v) is 14.5. The number of H-pyrrole nitrogens is 2. The van der Waals surface area contributed by atoms with Crippen LogP contribution in [0.25, 0.3) is 0 Å². The van der Waals surface area contributed by atoms with E-state index in [1.54, 1.807) is 6.07 Å². The molecule has 0 fully saturated rings. The SMILES string of the molecule is Cc1[nH]c(=O)[nH]c(=O)c1S(=O)(=O)Oc1ccc2c(c1)CCNC2C(N)=O. The monoisotopic (exact) mass is 380 g/mol. The van der Waals surface area contributed by atoms with E-state index in [1.165, 1.54) is 19.1 Å². The van der Waals surface area contributed by atoms with Crippen molar-refractivity contribution in [3.05, 3.63) is 55.9 Å². The third kappa shape index (κ3) is 3.26. The Hall–Kier alpha value is -2.92. The van der Waals surface area contributed by atoms with Crippen LogP contribution in [0.5, 0.6) is 5.75 Å². The van der Waals surface area contributed by atoms with Crippen molar-refractivity contribution in [2.24, 2.45) is 5.73 Å². The fraction of sp³-hybridized carbons (Fsp3) is 0.267. The Morgan fingerprint density at radius 3 is 2.65 bits per heavy atom. The number of rotatable bonds is 4. The third-order valence-corrected chi connectivity index (χ3v) is 5.39. The minimum Gasteiger partial charge on any atom is -0.379 e. The summed E-state index contributed by atoms with van der Waals surface area (Å²) >= 11 is 0. The molecular formula is C15H16N4O6S. The van der Waals surface area contributed by atoms with E-state index in [9.17, 15) is 22.8 Å². The predicted octanol–water partition coefficient (Wildman–Crippen LogP) is -1.19. The molecule has 11 heteroatoms. The third-order valence-electron chi connectivity index (χ3n) is 3.98. The standard InChI is InChI=1S/C15H16N4O6S/c1-7-12(14(21)19-15(22)18-7)26(23,24)25-9-2-3-10-8(6-9)4-5-17-11(10)13(16)20/h2-3,6,11,17H,4-5H2,1H3,(H2,16,20)(H2,18,19,21,22). The number of benzene rings is 1. The molecule has 0 saturated carbocycles. The van der Waals surface area contributed by atoms with Crippen LogP contribution in [0.15, 0.2) is 32.7 Å². The van der Waals surface area contributed by atoms with Crippen molar-refractivity contribution in [2.75, 3.05) is 6.54 Å². The second-order valence-corrected chi connectivity index (χ2v) is 7.28. The highest BCUT2D eigenvalue weighted by Gasteiger charge is 2.27. The van der Waals surface area contributed by atoms with Gasteiger partial charge in [-0.05, 0) is 36.6 Å². The number of primary amides is 1. The maximum Gasteiger partial charge on any atom is 0.346 e. The summed E-state index contributed by atoms with van der Waals surface area (Å²) in [4.78, 5) is 37.9. The Kier molecular flexibility index (Phi) is 4.42. The van der Waals surface area contributed by atoms with Crippen LogP contribution < -0.4 is 26.5 Å². The van der Waals surface area contributed by atoms with E-state index >= 15 is 0 Å². The first-order valence-corrected chi connectivity index (χ1v) is 9.03. The van der Waals surface area contributed by atoms with Gasteiger partial charge in [0.2, 0.25) is 5.91 Å². The summed E-state index contributed by atoms with van der Waals surface area (Å²) in [6, 6.07) is 3.74. The van der Waals surface area contributed by atoms with Crippen molar-refractivity contribution in [1.29, 1.82) is 0 Å². The number of hydrogen-bond acceptors (Lipinski definition) is 7. The summed E-state index contributed by atoms with van der Waals surface area (Å²) in [5.41, 5.74) is 4.70. The van der Waals surface area contributed by atoms with Gasteiger partial charge in [0.1, 0.15) is 11.8 Å². The molecule has 10 nitrogen and oxygen atoms in total. The zero-order valence-electron chi connectivity index (χ0n) is 13.7. The molecule has 0 radical (unpaired) electrons. The molecule has 1 atom stereocenters. The van der Waals surface area contributed by atoms with Crippen molar-refractivity contribution in [2.45, 2.75) is 24.3 Å². The van der Waals surface area contributed by atoms with E-state index in [0.717, 1.165) is 0 Å². The lowest BCUT2D eigenvalue weighted by atomic mass is 9.94. The van der Waals surface area contributed by atoms with E-state index in [4.69, 9.17) is 9.92 Å². The van der Waals surface area contributed by atoms with Crippen molar-refractivity contribution in [3.63, 3.8) is 0 Å². The Labute approximate surface area is 147 Å². The lowest BCUT2D eigenvalue weighted by Crippen LogP contribution is -2.38. The van der Waals surface area contributed by atoms with Gasteiger partial charge >= 0.3 is 15.8 Å². The van der Waals surface area contributed by atoms with Gasteiger partial charge in [0.15, 0.2) is 4.90 Å². The average Bonchev–Trinajstić information content (AvgIpc) is 2.52. The molecule has 5 N–H and O–H groups in total. The number of amides is 1. The number of carbonyl (C=O) groups is 1. The molecule has 0 aliphatic carbocycles. The van der Waals surface area contributed by atoms with Crippen LogP contribution in [-0.4, -0.2) is 30.8 Å². The van der Waals surface area contributed by atoms with Crippen molar-refractivity contribution in [1.82, 2.24) is 15.3 Å². The first kappa shape index (κ1) is 17.9. The number of nitrogens with one attached hydrogen (secondary N) is 3. The quantitative estimate of drug-likeness (QED) is 0.484. The summed E-state index contributed by atoms with van der Waals surface area (Å²) < 4.78 is 29.9. The highest BCUT2D eigenvalue weighted by Crippen LogP contribution is 2.28. The van der Waals surface area contributed by atoms with Gasteiger partial charge < -0.3 is 20.2 Å². The minimum absolute atomic E-state index is 0.0149. The van der Waals surface area contributed by atoms with Crippen LogP contribution in [0.1, 0.15) is 22.9 Å². The first-order valence-electron chi connectivity index (χ1n) is 7.62. The van der Waals surface area contributed by atoms with Gasteiger partial charge in [-0.25, -0.2) is 4.79 Å². The van der Waals surface area contributed by atoms with Crippen LogP contribution >= 0.6 is 0 Å². The van der Waals surface area contributed by atoms with Crippen LogP contribution in [0.2, 0.25) is 0 Å². The topological polar surface area (TPSA) is 164 Å². The molecule has 0 spiro atoms. The molecule has 2 aromatic rings. The summed E-state index contributed by atoms with van der Waals surface area (Å²) in [5, 5.41) is 2.98. The van der Waals surface area contributed by atoms with E-state index in [2.05, 4.69) is 10.3 Å². The summed E-state index contributed by atoms with van der Waals surface area (Å²) in [7, 11) is -4.47. The van der Waals surface area contributed by atoms with Crippen LogP contribution in [0.3, 0.4) is 0 Å². The summed E-state index contributed by atoms with van der Waals surface area (Å²) in [6.07, 6.45) is 0.550. The molecule has 138 valence electrons. The van der Waals surface area contributed by atoms with Gasteiger partial charge in [-0.1, -0.05) is 6.07 Å². The Balaban J connectivity index is 1.98. The number of nitrogens with two attached hydrogens (primary N) is 1. The maximum absolute atomic E-state index is 12.4. The first-order chi connectivity index (χ1) is 12.2. The number of hydrogen-bond donors (Lipinski definition) is 4. The summed E-state index contributed by atoms with van der Waals surface area (Å²) in [5.74, 6) is -0.554. The van der Waals surface area contributed by atoms with E-state index in [-0.39, 0.29) is 11.4 Å².